The topological polar surface area (TPSA) is 59.0 Å². The predicted molar refractivity (Wildman–Crippen MR) is 130 cm³/mol. The molecule has 2 unspecified atom stereocenters. The molecular weight excluding hydrogens is 502 g/mol. The van der Waals surface area contributed by atoms with Crippen LogP contribution >= 0.6 is 0 Å². The van der Waals surface area contributed by atoms with Gasteiger partial charge in [0.25, 0.3) is 0 Å². The summed E-state index contributed by atoms with van der Waals surface area (Å²) in [5.41, 5.74) is 1.24. The van der Waals surface area contributed by atoms with Crippen molar-refractivity contribution in [2.24, 2.45) is 0 Å². The lowest BCUT2D eigenvalue weighted by atomic mass is 9.76. The van der Waals surface area contributed by atoms with Gasteiger partial charge in [0, 0.05) is 18.8 Å². The van der Waals surface area contributed by atoms with Gasteiger partial charge in [0.05, 0.1) is 36.5 Å². The second-order valence-electron chi connectivity index (χ2n) is 10.2. The number of piperidine rings is 1. The van der Waals surface area contributed by atoms with Gasteiger partial charge in [0.1, 0.15) is 12.4 Å². The standard InChI is InChI=1S/C29H25F4NO4/c30-26-10-9-17(11-25(26)29(31,32)33)28(36)12-18-14-37-15-19(13-28)34(18)27(35)38-16-24-22-7-3-1-5-20(22)21-6-2-4-8-23(21)24/h1-11,18-19,24,36H,12-16H2. The van der Waals surface area contributed by atoms with Crippen molar-refractivity contribution in [2.45, 2.75) is 42.6 Å². The molecule has 9 heteroatoms. The highest BCUT2D eigenvalue weighted by Crippen LogP contribution is 2.46. The number of rotatable bonds is 3. The highest BCUT2D eigenvalue weighted by molar-refractivity contribution is 5.79. The van der Waals surface area contributed by atoms with E-state index in [1.807, 2.05) is 48.5 Å². The van der Waals surface area contributed by atoms with E-state index in [0.717, 1.165) is 28.3 Å². The SMILES string of the molecule is O=C(OCC1c2ccccc2-c2ccccc21)N1C2COCC1CC(O)(c1ccc(F)c(C(F)(F)F)c1)C2. The van der Waals surface area contributed by atoms with E-state index in [1.165, 1.54) is 6.07 Å². The van der Waals surface area contributed by atoms with Gasteiger partial charge in [0.2, 0.25) is 0 Å². The third-order valence-corrected chi connectivity index (χ3v) is 7.91. The number of nitrogens with zero attached hydrogens (tertiary/aromatic N) is 1. The molecule has 2 bridgehead atoms. The first-order chi connectivity index (χ1) is 18.2. The fourth-order valence-corrected chi connectivity index (χ4v) is 6.21. The molecule has 6 rings (SSSR count). The molecule has 1 aliphatic carbocycles. The van der Waals surface area contributed by atoms with Gasteiger partial charge in [-0.05, 0) is 39.9 Å². The largest absolute Gasteiger partial charge is 0.448 e. The molecule has 198 valence electrons. The van der Waals surface area contributed by atoms with Crippen LogP contribution in [0.15, 0.2) is 66.7 Å². The molecule has 0 spiro atoms. The lowest BCUT2D eigenvalue weighted by molar-refractivity contribution is -0.142. The van der Waals surface area contributed by atoms with E-state index in [9.17, 15) is 27.5 Å². The van der Waals surface area contributed by atoms with E-state index in [0.29, 0.717) is 6.07 Å². The molecule has 0 radical (unpaired) electrons. The van der Waals surface area contributed by atoms with Crippen LogP contribution in [0.3, 0.4) is 0 Å². The van der Waals surface area contributed by atoms with Gasteiger partial charge in [-0.1, -0.05) is 54.6 Å². The van der Waals surface area contributed by atoms with Crippen LogP contribution in [0.2, 0.25) is 0 Å². The fourth-order valence-electron chi connectivity index (χ4n) is 6.21. The normalized spacial score (nSPS) is 24.6. The smallest absolute Gasteiger partial charge is 0.419 e. The molecule has 2 heterocycles. The minimum absolute atomic E-state index is 0.0321. The summed E-state index contributed by atoms with van der Waals surface area (Å²) in [5.74, 6) is -1.52. The minimum atomic E-state index is -4.89. The molecule has 5 nitrogen and oxygen atoms in total. The number of alkyl halides is 3. The number of carbonyl (C=O) groups excluding carboxylic acids is 1. The fraction of sp³-hybridized carbons (Fsp3) is 0.345. The van der Waals surface area contributed by atoms with E-state index in [-0.39, 0.29) is 44.1 Å². The number of ether oxygens (including phenoxy) is 2. The van der Waals surface area contributed by atoms with E-state index in [4.69, 9.17) is 9.47 Å². The monoisotopic (exact) mass is 527 g/mol. The lowest BCUT2D eigenvalue weighted by Crippen LogP contribution is -2.62. The van der Waals surface area contributed by atoms with Gasteiger partial charge in [-0.25, -0.2) is 9.18 Å². The Kier molecular flexibility index (Phi) is 5.96. The molecule has 3 aromatic carbocycles. The van der Waals surface area contributed by atoms with Gasteiger partial charge in [0.15, 0.2) is 0 Å². The Labute approximate surface area is 216 Å². The van der Waals surface area contributed by atoms with Crippen molar-refractivity contribution in [3.63, 3.8) is 0 Å². The van der Waals surface area contributed by atoms with E-state index in [2.05, 4.69) is 0 Å². The van der Waals surface area contributed by atoms with Crippen LogP contribution in [-0.2, 0) is 21.3 Å². The van der Waals surface area contributed by atoms with Gasteiger partial charge < -0.3 is 14.6 Å². The number of amides is 1. The van der Waals surface area contributed by atoms with Crippen LogP contribution in [0, 0.1) is 5.82 Å². The van der Waals surface area contributed by atoms with Gasteiger partial charge >= 0.3 is 12.3 Å². The van der Waals surface area contributed by atoms with Crippen LogP contribution in [0.5, 0.6) is 0 Å². The highest BCUT2D eigenvalue weighted by Gasteiger charge is 2.50. The van der Waals surface area contributed by atoms with Crippen LogP contribution in [0.4, 0.5) is 22.4 Å². The Balaban J connectivity index is 1.21. The van der Waals surface area contributed by atoms with Crippen LogP contribution in [-0.4, -0.2) is 48.0 Å². The predicted octanol–water partition coefficient (Wildman–Crippen LogP) is 5.84. The van der Waals surface area contributed by atoms with Crippen molar-refractivity contribution in [3.05, 3.63) is 94.8 Å². The highest BCUT2D eigenvalue weighted by atomic mass is 19.4. The quantitative estimate of drug-likeness (QED) is 0.435. The molecular formula is C29H25F4NO4. The molecule has 1 amide bonds. The molecule has 3 aromatic rings. The maximum Gasteiger partial charge on any atom is 0.419 e. The van der Waals surface area contributed by atoms with Crippen molar-refractivity contribution < 1.29 is 36.9 Å². The summed E-state index contributed by atoms with van der Waals surface area (Å²) in [5, 5.41) is 11.4. The Hall–Kier alpha value is -3.43. The average molecular weight is 528 g/mol. The average Bonchev–Trinajstić information content (AvgIpc) is 3.20. The summed E-state index contributed by atoms with van der Waals surface area (Å²) in [6.45, 7) is 0.341. The van der Waals surface area contributed by atoms with Crippen LogP contribution < -0.4 is 0 Å². The summed E-state index contributed by atoms with van der Waals surface area (Å²) in [6.07, 6.45) is -5.56. The summed E-state index contributed by atoms with van der Waals surface area (Å²) in [4.78, 5) is 14.9. The zero-order valence-electron chi connectivity index (χ0n) is 20.2. The summed E-state index contributed by atoms with van der Waals surface area (Å²) in [6, 6.07) is 17.3. The number of fused-ring (bicyclic) bond motifs is 5. The first kappa shape index (κ1) is 24.9. The zero-order chi connectivity index (χ0) is 26.7. The van der Waals surface area contributed by atoms with Crippen molar-refractivity contribution in [1.29, 1.82) is 0 Å². The molecule has 2 atom stereocenters. The minimum Gasteiger partial charge on any atom is -0.448 e. The summed E-state index contributed by atoms with van der Waals surface area (Å²) < 4.78 is 65.2. The second-order valence-corrected chi connectivity index (χ2v) is 10.2. The summed E-state index contributed by atoms with van der Waals surface area (Å²) >= 11 is 0. The van der Waals surface area contributed by atoms with Crippen molar-refractivity contribution in [2.75, 3.05) is 19.8 Å². The maximum absolute atomic E-state index is 13.9. The third kappa shape index (κ3) is 4.14. The van der Waals surface area contributed by atoms with Crippen LogP contribution in [0.1, 0.15) is 41.0 Å². The van der Waals surface area contributed by atoms with Gasteiger partial charge in [-0.3, -0.25) is 4.90 Å². The molecule has 2 saturated heterocycles. The molecule has 38 heavy (non-hydrogen) atoms. The molecule has 2 fully saturated rings. The third-order valence-electron chi connectivity index (χ3n) is 7.91. The molecule has 3 aliphatic rings. The van der Waals surface area contributed by atoms with Gasteiger partial charge in [-0.2, -0.15) is 13.2 Å². The maximum atomic E-state index is 13.9. The Morgan fingerprint density at radius 3 is 2.13 bits per heavy atom. The second kappa shape index (κ2) is 9.10. The van der Waals surface area contributed by atoms with E-state index in [1.54, 1.807) is 4.90 Å². The Morgan fingerprint density at radius 2 is 1.55 bits per heavy atom. The van der Waals surface area contributed by atoms with E-state index < -0.39 is 41.3 Å². The molecule has 0 aromatic heterocycles. The van der Waals surface area contributed by atoms with Crippen molar-refractivity contribution in [3.8, 4) is 11.1 Å². The number of carbonyl (C=O) groups is 1. The lowest BCUT2D eigenvalue weighted by Gasteiger charge is -2.51. The van der Waals surface area contributed by atoms with Crippen LogP contribution in [0.25, 0.3) is 11.1 Å². The Morgan fingerprint density at radius 1 is 0.974 bits per heavy atom. The molecule has 2 aliphatic heterocycles. The van der Waals surface area contributed by atoms with Gasteiger partial charge in [-0.15, -0.1) is 0 Å². The van der Waals surface area contributed by atoms with Crippen molar-refractivity contribution >= 4 is 6.09 Å². The van der Waals surface area contributed by atoms with Crippen molar-refractivity contribution in [1.82, 2.24) is 4.90 Å². The number of hydrogen-bond donors (Lipinski definition) is 1. The number of hydrogen-bond acceptors (Lipinski definition) is 4. The Bertz CT molecular complexity index is 1330. The number of halogens is 4. The van der Waals surface area contributed by atoms with E-state index >= 15 is 0 Å². The zero-order valence-corrected chi connectivity index (χ0v) is 20.2. The number of morpholine rings is 1. The summed E-state index contributed by atoms with van der Waals surface area (Å²) in [7, 11) is 0. The number of benzene rings is 3. The first-order valence-corrected chi connectivity index (χ1v) is 12.5. The number of aliphatic hydroxyl groups is 1. The molecule has 0 saturated carbocycles. The molecule has 1 N–H and O–H groups in total. The first-order valence-electron chi connectivity index (χ1n) is 12.5.